The lowest BCUT2D eigenvalue weighted by Crippen LogP contribution is -2.29. The van der Waals surface area contributed by atoms with E-state index < -0.39 is 25.6 Å². The molecule has 0 aliphatic carbocycles. The van der Waals surface area contributed by atoms with Crippen LogP contribution in [0, 0.1) is 5.92 Å². The molecule has 0 rings (SSSR count). The van der Waals surface area contributed by atoms with Gasteiger partial charge in [-0.3, -0.25) is 9.36 Å². The second kappa shape index (κ2) is 6.54. The van der Waals surface area contributed by atoms with Crippen molar-refractivity contribution in [1.82, 2.24) is 0 Å². The van der Waals surface area contributed by atoms with Crippen LogP contribution in [0.3, 0.4) is 0 Å². The summed E-state index contributed by atoms with van der Waals surface area (Å²) in [5.41, 5.74) is 4.49. The minimum Gasteiger partial charge on any atom is -0.481 e. The molecule has 0 aromatic carbocycles. The Labute approximate surface area is 85.3 Å². The summed E-state index contributed by atoms with van der Waals surface area (Å²) in [6, 6.07) is 0. The van der Waals surface area contributed by atoms with Crippen LogP contribution < -0.4 is 5.73 Å². The van der Waals surface area contributed by atoms with Crippen molar-refractivity contribution in [1.29, 1.82) is 0 Å². The lowest BCUT2D eigenvalue weighted by molar-refractivity contribution is -0.141. The molecule has 5 nitrogen and oxygen atoms in total. The highest BCUT2D eigenvalue weighted by Crippen LogP contribution is 2.32. The van der Waals surface area contributed by atoms with Gasteiger partial charge in [-0.25, -0.2) is 0 Å². The van der Waals surface area contributed by atoms with Gasteiger partial charge >= 0.3 is 5.97 Å². The van der Waals surface area contributed by atoms with Crippen LogP contribution in [-0.2, 0) is 9.36 Å². The summed E-state index contributed by atoms with van der Waals surface area (Å²) in [6.07, 6.45) is 0.261. The van der Waals surface area contributed by atoms with E-state index in [1.54, 1.807) is 0 Å². The van der Waals surface area contributed by atoms with E-state index >= 15 is 0 Å². The van der Waals surface area contributed by atoms with Crippen molar-refractivity contribution in [3.05, 3.63) is 0 Å². The predicted octanol–water partition coefficient (Wildman–Crippen LogP) is 0.267. The van der Waals surface area contributed by atoms with Gasteiger partial charge in [-0.2, -0.15) is 0 Å². The first-order valence-corrected chi connectivity index (χ1v) is 6.31. The van der Waals surface area contributed by atoms with Crippen molar-refractivity contribution >= 4 is 29.9 Å². The second-order valence-corrected chi connectivity index (χ2v) is 4.69. The average Bonchev–Trinajstić information content (AvgIpc) is 2.03. The smallest absolute Gasteiger partial charge is 0.308 e. The number of hydrogen-bond acceptors (Lipinski definition) is 3. The number of rotatable bonds is 6. The number of carboxylic acid groups (broad SMARTS) is 1. The van der Waals surface area contributed by atoms with Crippen molar-refractivity contribution < 1.29 is 19.4 Å². The Morgan fingerprint density at radius 2 is 2.15 bits per heavy atom. The quantitative estimate of drug-likeness (QED) is 0.476. The van der Waals surface area contributed by atoms with Crippen LogP contribution in [-0.4, -0.2) is 33.5 Å². The first-order valence-electron chi connectivity index (χ1n) is 3.76. The summed E-state index contributed by atoms with van der Waals surface area (Å²) in [4.78, 5) is 19.5. The van der Waals surface area contributed by atoms with Gasteiger partial charge in [0.05, 0.1) is 5.92 Å². The first kappa shape index (κ1) is 13.1. The number of aliphatic carboxylic acids is 1. The van der Waals surface area contributed by atoms with Gasteiger partial charge in [0.25, 0.3) is 0 Å². The van der Waals surface area contributed by atoms with Crippen LogP contribution >= 0.6 is 24.0 Å². The van der Waals surface area contributed by atoms with E-state index in [0.29, 0.717) is 0 Å². The van der Waals surface area contributed by atoms with Crippen molar-refractivity contribution in [3.8, 4) is 0 Å². The minimum atomic E-state index is -2.83. The van der Waals surface area contributed by atoms with Gasteiger partial charge in [0.1, 0.15) is 0 Å². The molecule has 0 aliphatic heterocycles. The summed E-state index contributed by atoms with van der Waals surface area (Å²) in [6.45, 7) is 0.221. The average molecular weight is 274 g/mol. The minimum absolute atomic E-state index is 0.171. The zero-order valence-electron chi connectivity index (χ0n) is 6.94. The monoisotopic (exact) mass is 273 g/mol. The molecule has 0 bridgehead atoms. The van der Waals surface area contributed by atoms with Gasteiger partial charge in [0.15, 0.2) is 8.03 Å². The molecule has 4 N–H and O–H groups in total. The molecule has 3 atom stereocenters. The second-order valence-electron chi connectivity index (χ2n) is 2.62. The van der Waals surface area contributed by atoms with Gasteiger partial charge in [-0.1, -0.05) is 15.9 Å². The molecule has 0 saturated heterocycles. The van der Waals surface area contributed by atoms with Crippen LogP contribution in [0.1, 0.15) is 6.42 Å². The summed E-state index contributed by atoms with van der Waals surface area (Å²) in [5, 5.41) is 8.89. The van der Waals surface area contributed by atoms with E-state index in [-0.39, 0.29) is 18.3 Å². The molecule has 0 amide bonds. The van der Waals surface area contributed by atoms with Crippen LogP contribution in [0.2, 0.25) is 0 Å². The fraction of sp³-hybridized carbons (Fsp3) is 0.833. The molecule has 13 heavy (non-hydrogen) atoms. The molecule has 7 heteroatoms. The van der Waals surface area contributed by atoms with Crippen molar-refractivity contribution in [2.24, 2.45) is 11.7 Å². The van der Waals surface area contributed by atoms with Gasteiger partial charge < -0.3 is 15.7 Å². The highest BCUT2D eigenvalue weighted by molar-refractivity contribution is 9.09. The van der Waals surface area contributed by atoms with Crippen LogP contribution in [0.15, 0.2) is 0 Å². The highest BCUT2D eigenvalue weighted by Gasteiger charge is 2.30. The van der Waals surface area contributed by atoms with Crippen LogP contribution in [0.25, 0.3) is 0 Å². The fourth-order valence-electron chi connectivity index (χ4n) is 1.02. The maximum Gasteiger partial charge on any atom is 0.308 e. The Kier molecular flexibility index (Phi) is 6.59. The Morgan fingerprint density at radius 3 is 2.38 bits per heavy atom. The van der Waals surface area contributed by atoms with Gasteiger partial charge in [-0.15, -0.1) is 0 Å². The van der Waals surface area contributed by atoms with Gasteiger partial charge in [-0.05, 0) is 13.0 Å². The van der Waals surface area contributed by atoms with Crippen LogP contribution in [0.4, 0.5) is 0 Å². The third kappa shape index (κ3) is 4.22. The van der Waals surface area contributed by atoms with E-state index in [2.05, 4.69) is 15.9 Å². The Morgan fingerprint density at radius 1 is 1.62 bits per heavy atom. The lowest BCUT2D eigenvalue weighted by atomic mass is 10.1. The van der Waals surface area contributed by atoms with E-state index in [9.17, 15) is 9.36 Å². The number of alkyl halides is 1. The predicted molar refractivity (Wildman–Crippen MR) is 53.6 cm³/mol. The normalized spacial score (nSPS) is 17.8. The molecule has 0 saturated carbocycles. The highest BCUT2D eigenvalue weighted by atomic mass is 79.9. The molecule has 0 aromatic heterocycles. The standard InChI is InChI=1S/C6H13BrNO4P/c7-3-4(6(9)10)5(1-2-8)13(11)12/h4-5,13H,1-3,8H2,(H,9,10)(H,11,12). The van der Waals surface area contributed by atoms with Gasteiger partial charge in [0.2, 0.25) is 0 Å². The van der Waals surface area contributed by atoms with Crippen molar-refractivity contribution in [2.45, 2.75) is 12.1 Å². The largest absolute Gasteiger partial charge is 0.481 e. The zero-order valence-corrected chi connectivity index (χ0v) is 9.53. The molecule has 0 fully saturated rings. The Hall–Kier alpha value is 0.1000. The molecular formula is C6H13BrNO4P. The van der Waals surface area contributed by atoms with E-state index in [1.165, 1.54) is 0 Å². The van der Waals surface area contributed by atoms with E-state index in [4.69, 9.17) is 15.7 Å². The molecule has 0 heterocycles. The maximum atomic E-state index is 10.8. The number of halogens is 1. The maximum absolute atomic E-state index is 10.8. The molecule has 0 spiro atoms. The molecule has 0 aromatic rings. The van der Waals surface area contributed by atoms with Crippen LogP contribution in [0.5, 0.6) is 0 Å². The van der Waals surface area contributed by atoms with Crippen molar-refractivity contribution in [2.75, 3.05) is 11.9 Å². The Balaban J connectivity index is 4.48. The summed E-state index contributed by atoms with van der Waals surface area (Å²) in [5.74, 6) is -1.90. The fourth-order valence-corrected chi connectivity index (χ4v) is 3.11. The summed E-state index contributed by atoms with van der Waals surface area (Å²) in [7, 11) is -2.83. The zero-order chi connectivity index (χ0) is 10.4. The number of nitrogens with two attached hydrogens (primary N) is 1. The molecule has 78 valence electrons. The number of carboxylic acids is 1. The molecule has 3 unspecified atom stereocenters. The molecule has 0 aliphatic rings. The Bertz CT molecular complexity index is 201. The SMILES string of the molecule is NCCC(C(CBr)C(=O)O)[PH](=O)O. The van der Waals surface area contributed by atoms with Gasteiger partial charge in [0, 0.05) is 11.0 Å². The van der Waals surface area contributed by atoms with E-state index in [0.717, 1.165) is 0 Å². The number of carbonyl (C=O) groups is 1. The van der Waals surface area contributed by atoms with Crippen molar-refractivity contribution in [3.63, 3.8) is 0 Å². The molecular weight excluding hydrogens is 261 g/mol. The van der Waals surface area contributed by atoms with E-state index in [1.807, 2.05) is 0 Å². The summed E-state index contributed by atoms with van der Waals surface area (Å²) < 4.78 is 10.8. The molecule has 0 radical (unpaired) electrons. The number of hydrogen-bond donors (Lipinski definition) is 3. The first-order chi connectivity index (χ1) is 6.04. The lowest BCUT2D eigenvalue weighted by Gasteiger charge is -2.18. The third-order valence-electron chi connectivity index (χ3n) is 1.76. The summed E-state index contributed by atoms with van der Waals surface area (Å²) >= 11 is 3.00. The third-order valence-corrected chi connectivity index (χ3v) is 3.79. The topological polar surface area (TPSA) is 101 Å².